The van der Waals surface area contributed by atoms with Gasteiger partial charge in [-0.1, -0.05) is 0 Å². The average Bonchev–Trinajstić information content (AvgIpc) is 3.41. The predicted molar refractivity (Wildman–Crippen MR) is 120 cm³/mol. The molecule has 1 aliphatic carbocycles. The summed E-state index contributed by atoms with van der Waals surface area (Å²) in [5, 5.41) is 0. The fraction of sp³-hybridized carbons (Fsp3) is 0.417. The third-order valence-electron chi connectivity index (χ3n) is 5.72. The van der Waals surface area contributed by atoms with E-state index in [-0.39, 0.29) is 22.6 Å². The number of rotatable bonds is 3. The summed E-state index contributed by atoms with van der Waals surface area (Å²) in [6, 6.07) is 4.62. The molecule has 4 nitrogen and oxygen atoms in total. The molecular formula is C24H33BFeN2O2+2. The van der Waals surface area contributed by atoms with Gasteiger partial charge in [0.15, 0.2) is 11.5 Å². The average molecular weight is 448 g/mol. The van der Waals surface area contributed by atoms with E-state index in [9.17, 15) is 0 Å². The molecule has 10 radical (unpaired) electrons. The van der Waals surface area contributed by atoms with Crippen LogP contribution in [0.25, 0.3) is 0 Å². The Morgan fingerprint density at radius 3 is 2.07 bits per heavy atom. The molecule has 30 heavy (non-hydrogen) atoms. The Morgan fingerprint density at radius 2 is 1.53 bits per heavy atom. The van der Waals surface area contributed by atoms with E-state index in [0.717, 1.165) is 24.5 Å². The van der Waals surface area contributed by atoms with Crippen molar-refractivity contribution in [3.05, 3.63) is 74.6 Å². The second-order valence-electron chi connectivity index (χ2n) is 8.56. The minimum absolute atomic E-state index is 0. The van der Waals surface area contributed by atoms with Crippen molar-refractivity contribution in [2.45, 2.75) is 45.7 Å². The van der Waals surface area contributed by atoms with Crippen molar-refractivity contribution < 1.29 is 26.5 Å². The fourth-order valence-electron chi connectivity index (χ4n) is 4.16. The van der Waals surface area contributed by atoms with Crippen LogP contribution in [0.1, 0.15) is 44.9 Å². The van der Waals surface area contributed by atoms with Crippen molar-refractivity contribution in [1.29, 1.82) is 0 Å². The van der Waals surface area contributed by atoms with Gasteiger partial charge in [0.05, 0.1) is 19.8 Å². The molecule has 0 unspecified atom stereocenters. The molecule has 1 atom stereocenters. The molecule has 160 valence electrons. The van der Waals surface area contributed by atoms with Crippen LogP contribution in [0, 0.1) is 51.4 Å². The fourth-order valence-corrected chi connectivity index (χ4v) is 4.16. The second kappa shape index (κ2) is 11.3. The maximum Gasteiger partial charge on any atom is 2.00 e. The zero-order valence-corrected chi connectivity index (χ0v) is 20.0. The number of fused-ring (bicyclic) bond motifs is 1. The van der Waals surface area contributed by atoms with E-state index in [1.807, 2.05) is 32.1 Å². The maximum atomic E-state index is 5.51. The van der Waals surface area contributed by atoms with Gasteiger partial charge in [0.25, 0.3) is 6.98 Å². The van der Waals surface area contributed by atoms with E-state index in [2.05, 4.69) is 68.7 Å². The van der Waals surface area contributed by atoms with Crippen LogP contribution in [-0.4, -0.2) is 38.1 Å². The van der Waals surface area contributed by atoms with Gasteiger partial charge in [-0.3, -0.25) is 0 Å². The molecule has 0 amide bonds. The third-order valence-corrected chi connectivity index (χ3v) is 5.72. The summed E-state index contributed by atoms with van der Waals surface area (Å²) in [6.45, 7) is 12.6. The van der Waals surface area contributed by atoms with E-state index >= 15 is 0 Å². The molecule has 1 saturated heterocycles. The Balaban J connectivity index is 0.000000468. The Hall–Kier alpha value is -0.676. The summed E-state index contributed by atoms with van der Waals surface area (Å²) in [5.41, 5.74) is 2.81. The molecule has 1 aromatic rings. The van der Waals surface area contributed by atoms with Gasteiger partial charge in [0.1, 0.15) is 6.54 Å². The van der Waals surface area contributed by atoms with Crippen molar-refractivity contribution in [2.24, 2.45) is 0 Å². The van der Waals surface area contributed by atoms with Gasteiger partial charge in [0.2, 0.25) is 0 Å². The number of ether oxygens (including phenoxy) is 2. The molecule has 1 saturated carbocycles. The Morgan fingerprint density at radius 1 is 0.967 bits per heavy atom. The van der Waals surface area contributed by atoms with E-state index in [0.29, 0.717) is 13.0 Å². The number of nitrogens with zero attached hydrogens (tertiary/aromatic N) is 2. The summed E-state index contributed by atoms with van der Waals surface area (Å²) in [7, 11) is 3.40. The Labute approximate surface area is 195 Å². The molecule has 1 aromatic carbocycles. The second-order valence-corrected chi connectivity index (χ2v) is 8.56. The first kappa shape index (κ1) is 25.6. The molecule has 3 aliphatic rings. The molecule has 0 bridgehead atoms. The SMILES string of the molecule is COc1cc2c(cc1OC)[C@@H](C)N([B-]1[CH][CH][CH][N+]1C(C)(C)C)CC2.[CH]1[CH][CH][CH][CH]1.[Fe+2]. The smallest absolute Gasteiger partial charge is 0.493 e. The third kappa shape index (κ3) is 5.76. The zero-order chi connectivity index (χ0) is 21.0. The largest absolute Gasteiger partial charge is 2.00 e. The van der Waals surface area contributed by atoms with E-state index in [1.54, 1.807) is 14.2 Å². The first-order valence-electron chi connectivity index (χ1n) is 10.3. The topological polar surface area (TPSA) is 27.6 Å². The van der Waals surface area contributed by atoms with Crippen molar-refractivity contribution in [3.63, 3.8) is 0 Å². The molecule has 2 heterocycles. The van der Waals surface area contributed by atoms with E-state index < -0.39 is 0 Å². The van der Waals surface area contributed by atoms with Crippen LogP contribution in [0.5, 0.6) is 11.5 Å². The first-order chi connectivity index (χ1) is 13.9. The van der Waals surface area contributed by atoms with Gasteiger partial charge in [-0.25, -0.2) is 0 Å². The van der Waals surface area contributed by atoms with Gasteiger partial charge >= 0.3 is 17.1 Å². The van der Waals surface area contributed by atoms with Crippen LogP contribution in [0.3, 0.4) is 0 Å². The molecule has 0 spiro atoms. The Bertz CT molecular complexity index is 668. The van der Waals surface area contributed by atoms with Crippen molar-refractivity contribution in [3.8, 4) is 11.5 Å². The number of benzene rings is 1. The molecule has 0 aromatic heterocycles. The van der Waals surface area contributed by atoms with Crippen LogP contribution in [0.4, 0.5) is 0 Å². The van der Waals surface area contributed by atoms with Crippen LogP contribution >= 0.6 is 0 Å². The summed E-state index contributed by atoms with van der Waals surface area (Å²) in [4.78, 5) is 5.01. The molecule has 4 rings (SSSR count). The van der Waals surface area contributed by atoms with Crippen molar-refractivity contribution in [2.75, 3.05) is 20.8 Å². The monoisotopic (exact) mass is 448 g/mol. The van der Waals surface area contributed by atoms with Gasteiger partial charge in [-0.2, -0.15) is 0 Å². The maximum absolute atomic E-state index is 5.51. The number of methoxy groups -OCH3 is 2. The summed E-state index contributed by atoms with van der Waals surface area (Å²) in [6.07, 6.45) is 15.5. The predicted octanol–water partition coefficient (Wildman–Crippen LogP) is 4.19. The molecule has 6 heteroatoms. The molecule has 2 aliphatic heterocycles. The first-order valence-corrected chi connectivity index (χ1v) is 10.3. The van der Waals surface area contributed by atoms with Gasteiger partial charge in [-0.05, 0) is 108 Å². The molecule has 0 N–H and O–H groups in total. The Kier molecular flexibility index (Phi) is 9.61. The molecular weight excluding hydrogens is 415 g/mol. The number of hydrogen-bond donors (Lipinski definition) is 0. The van der Waals surface area contributed by atoms with Gasteiger partial charge in [0, 0.05) is 0 Å². The minimum Gasteiger partial charge on any atom is -0.493 e. The van der Waals surface area contributed by atoms with Crippen LogP contribution in [-0.2, 0) is 23.5 Å². The summed E-state index contributed by atoms with van der Waals surface area (Å²) < 4.78 is 11.0. The van der Waals surface area contributed by atoms with E-state index in [1.165, 1.54) is 11.1 Å². The number of hydrogen-bond acceptors (Lipinski definition) is 4. The normalized spacial score (nSPS) is 22.7. The van der Waals surface area contributed by atoms with Crippen LogP contribution < -0.4 is 14.3 Å². The minimum atomic E-state index is 0. The van der Waals surface area contributed by atoms with Gasteiger partial charge < -0.3 is 19.1 Å². The quantitative estimate of drug-likeness (QED) is 0.650. The van der Waals surface area contributed by atoms with Crippen molar-refractivity contribution in [1.82, 2.24) is 9.62 Å². The summed E-state index contributed by atoms with van der Waals surface area (Å²) >= 11 is 0. The van der Waals surface area contributed by atoms with E-state index in [4.69, 9.17) is 9.47 Å². The standard InChI is InChI=1S/C19H28BN2O2.C5H5.Fe/c1-14-16-13-18(24-6)17(23-5)12-15(16)8-11-21(14)20-9-7-10-22(20)19(2,3)4;1-2-4-5-3-1;/h7,9-10,12-14H,8,11H2,1-6H3;1-5H;/q;;+2/t14-;;/m1../s1. The van der Waals surface area contributed by atoms with Crippen LogP contribution in [0.2, 0.25) is 0 Å². The molecule has 2 fully saturated rings. The summed E-state index contributed by atoms with van der Waals surface area (Å²) in [5.74, 6) is 1.63. The van der Waals surface area contributed by atoms with Crippen molar-refractivity contribution >= 4 is 6.98 Å². The van der Waals surface area contributed by atoms with Crippen LogP contribution in [0.15, 0.2) is 12.1 Å². The van der Waals surface area contributed by atoms with Gasteiger partial charge in [-0.15, -0.1) is 6.32 Å². The zero-order valence-electron chi connectivity index (χ0n) is 18.9.